The van der Waals surface area contributed by atoms with Crippen LogP contribution in [0.4, 0.5) is 13.2 Å². The SMILES string of the molecule is CCNCCNCc1ccc(C)cc1C(F)(F)F. The molecule has 2 nitrogen and oxygen atoms in total. The first kappa shape index (κ1) is 15.0. The van der Waals surface area contributed by atoms with Gasteiger partial charge in [-0.3, -0.25) is 0 Å². The summed E-state index contributed by atoms with van der Waals surface area (Å²) in [6, 6.07) is 4.44. The molecule has 0 heterocycles. The molecule has 0 atom stereocenters. The molecular weight excluding hydrogens is 241 g/mol. The van der Waals surface area contributed by atoms with Gasteiger partial charge in [0.05, 0.1) is 5.56 Å². The Bertz CT molecular complexity index is 375. The molecule has 1 aromatic rings. The van der Waals surface area contributed by atoms with Crippen LogP contribution in [0.2, 0.25) is 0 Å². The van der Waals surface area contributed by atoms with Crippen LogP contribution in [-0.2, 0) is 12.7 Å². The first-order valence-corrected chi connectivity index (χ1v) is 6.03. The number of likely N-dealkylation sites (N-methyl/N-ethyl adjacent to an activating group) is 1. The average Bonchev–Trinajstić information content (AvgIpc) is 2.29. The van der Waals surface area contributed by atoms with E-state index in [1.54, 1.807) is 19.1 Å². The Kier molecular flexibility index (Phi) is 5.62. The number of hydrogen-bond donors (Lipinski definition) is 2. The number of nitrogens with one attached hydrogen (secondary N) is 2. The Balaban J connectivity index is 2.65. The highest BCUT2D eigenvalue weighted by atomic mass is 19.4. The summed E-state index contributed by atoms with van der Waals surface area (Å²) in [5.41, 5.74) is 0.377. The fourth-order valence-corrected chi connectivity index (χ4v) is 1.68. The molecule has 102 valence electrons. The molecule has 18 heavy (non-hydrogen) atoms. The molecule has 1 aromatic carbocycles. The summed E-state index contributed by atoms with van der Waals surface area (Å²) in [6.45, 7) is 6.16. The molecule has 0 aliphatic rings. The van der Waals surface area contributed by atoms with Gasteiger partial charge in [-0.1, -0.05) is 24.6 Å². The van der Waals surface area contributed by atoms with Crippen LogP contribution in [0.5, 0.6) is 0 Å². The van der Waals surface area contributed by atoms with Crippen molar-refractivity contribution in [3.8, 4) is 0 Å². The molecule has 0 unspecified atom stereocenters. The van der Waals surface area contributed by atoms with Crippen LogP contribution < -0.4 is 10.6 Å². The lowest BCUT2D eigenvalue weighted by atomic mass is 10.0. The minimum absolute atomic E-state index is 0.237. The van der Waals surface area contributed by atoms with E-state index in [4.69, 9.17) is 0 Å². The quantitative estimate of drug-likeness (QED) is 0.768. The van der Waals surface area contributed by atoms with Crippen LogP contribution in [0.15, 0.2) is 18.2 Å². The van der Waals surface area contributed by atoms with E-state index in [2.05, 4.69) is 10.6 Å². The average molecular weight is 260 g/mol. The van der Waals surface area contributed by atoms with Crippen LogP contribution in [0.3, 0.4) is 0 Å². The highest BCUT2D eigenvalue weighted by molar-refractivity contribution is 5.33. The van der Waals surface area contributed by atoms with Gasteiger partial charge >= 0.3 is 6.18 Å². The maximum atomic E-state index is 12.8. The zero-order valence-electron chi connectivity index (χ0n) is 10.7. The second kappa shape index (κ2) is 6.75. The molecule has 0 saturated heterocycles. The Labute approximate surface area is 106 Å². The predicted octanol–water partition coefficient (Wildman–Crippen LogP) is 2.71. The highest BCUT2D eigenvalue weighted by Crippen LogP contribution is 2.32. The Morgan fingerprint density at radius 2 is 1.78 bits per heavy atom. The number of rotatable bonds is 6. The monoisotopic (exact) mass is 260 g/mol. The Morgan fingerprint density at radius 3 is 2.39 bits per heavy atom. The zero-order valence-corrected chi connectivity index (χ0v) is 10.7. The van der Waals surface area contributed by atoms with E-state index in [0.29, 0.717) is 17.7 Å². The normalized spacial score (nSPS) is 11.8. The second-order valence-corrected chi connectivity index (χ2v) is 4.19. The van der Waals surface area contributed by atoms with Gasteiger partial charge in [0.1, 0.15) is 0 Å². The lowest BCUT2D eigenvalue weighted by molar-refractivity contribution is -0.138. The number of benzene rings is 1. The molecule has 2 N–H and O–H groups in total. The zero-order chi connectivity index (χ0) is 13.6. The van der Waals surface area contributed by atoms with Gasteiger partial charge in [-0.15, -0.1) is 0 Å². The summed E-state index contributed by atoms with van der Waals surface area (Å²) in [5.74, 6) is 0. The van der Waals surface area contributed by atoms with Gasteiger partial charge in [0.2, 0.25) is 0 Å². The predicted molar refractivity (Wildman–Crippen MR) is 66.4 cm³/mol. The third kappa shape index (κ3) is 4.66. The lowest BCUT2D eigenvalue weighted by Crippen LogP contribution is -2.27. The minimum atomic E-state index is -4.29. The summed E-state index contributed by atoms with van der Waals surface area (Å²) in [7, 11) is 0. The number of hydrogen-bond acceptors (Lipinski definition) is 2. The van der Waals surface area contributed by atoms with Crippen LogP contribution in [0.25, 0.3) is 0 Å². The molecule has 1 rings (SSSR count). The molecule has 0 fully saturated rings. The summed E-state index contributed by atoms with van der Waals surface area (Å²) < 4.78 is 38.5. The summed E-state index contributed by atoms with van der Waals surface area (Å²) in [6.07, 6.45) is -4.29. The van der Waals surface area contributed by atoms with E-state index in [1.165, 1.54) is 6.07 Å². The van der Waals surface area contributed by atoms with Crippen molar-refractivity contribution in [2.45, 2.75) is 26.6 Å². The van der Waals surface area contributed by atoms with E-state index in [9.17, 15) is 13.2 Å². The standard InChI is InChI=1S/C13H19F3N2/c1-3-17-6-7-18-9-11-5-4-10(2)8-12(11)13(14,15)16/h4-5,8,17-18H,3,6-7,9H2,1-2H3. The minimum Gasteiger partial charge on any atom is -0.316 e. The number of halogens is 3. The van der Waals surface area contributed by atoms with E-state index >= 15 is 0 Å². The maximum absolute atomic E-state index is 12.8. The van der Waals surface area contributed by atoms with Crippen molar-refractivity contribution in [2.24, 2.45) is 0 Å². The van der Waals surface area contributed by atoms with Crippen molar-refractivity contribution in [3.05, 3.63) is 34.9 Å². The van der Waals surface area contributed by atoms with Crippen LogP contribution in [0, 0.1) is 6.92 Å². The molecule has 0 spiro atoms. The van der Waals surface area contributed by atoms with Crippen molar-refractivity contribution in [1.82, 2.24) is 10.6 Å². The van der Waals surface area contributed by atoms with Crippen molar-refractivity contribution < 1.29 is 13.2 Å². The smallest absolute Gasteiger partial charge is 0.316 e. The third-order valence-electron chi connectivity index (χ3n) is 2.61. The molecule has 0 saturated carbocycles. The van der Waals surface area contributed by atoms with Gasteiger partial charge < -0.3 is 10.6 Å². The van der Waals surface area contributed by atoms with Crippen molar-refractivity contribution in [3.63, 3.8) is 0 Å². The summed E-state index contributed by atoms with van der Waals surface area (Å²) >= 11 is 0. The number of alkyl halides is 3. The third-order valence-corrected chi connectivity index (χ3v) is 2.61. The topological polar surface area (TPSA) is 24.1 Å². The van der Waals surface area contributed by atoms with Crippen molar-refractivity contribution in [1.29, 1.82) is 0 Å². The van der Waals surface area contributed by atoms with Gasteiger partial charge in [0, 0.05) is 19.6 Å². The van der Waals surface area contributed by atoms with Crippen LogP contribution >= 0.6 is 0 Å². The van der Waals surface area contributed by atoms with Crippen molar-refractivity contribution in [2.75, 3.05) is 19.6 Å². The van der Waals surface area contributed by atoms with Gasteiger partial charge in [0.25, 0.3) is 0 Å². The van der Waals surface area contributed by atoms with Gasteiger partial charge in [-0.25, -0.2) is 0 Å². The fraction of sp³-hybridized carbons (Fsp3) is 0.538. The first-order valence-electron chi connectivity index (χ1n) is 6.03. The Morgan fingerprint density at radius 1 is 1.11 bits per heavy atom. The lowest BCUT2D eigenvalue weighted by Gasteiger charge is -2.14. The molecule has 5 heteroatoms. The molecular formula is C13H19F3N2. The van der Waals surface area contributed by atoms with Crippen molar-refractivity contribution >= 4 is 0 Å². The largest absolute Gasteiger partial charge is 0.416 e. The van der Waals surface area contributed by atoms with E-state index in [-0.39, 0.29) is 6.54 Å². The maximum Gasteiger partial charge on any atom is 0.416 e. The highest BCUT2D eigenvalue weighted by Gasteiger charge is 2.33. The molecule has 0 bridgehead atoms. The molecule has 0 radical (unpaired) electrons. The number of aryl methyl sites for hydroxylation is 1. The van der Waals surface area contributed by atoms with E-state index < -0.39 is 11.7 Å². The Hall–Kier alpha value is -1.07. The van der Waals surface area contributed by atoms with Gasteiger partial charge in [0.15, 0.2) is 0 Å². The molecule has 0 aliphatic heterocycles. The van der Waals surface area contributed by atoms with Gasteiger partial charge in [-0.2, -0.15) is 13.2 Å². The van der Waals surface area contributed by atoms with E-state index in [0.717, 1.165) is 13.1 Å². The first-order chi connectivity index (χ1) is 8.45. The molecule has 0 amide bonds. The molecule has 0 aliphatic carbocycles. The van der Waals surface area contributed by atoms with Crippen LogP contribution in [-0.4, -0.2) is 19.6 Å². The summed E-state index contributed by atoms with van der Waals surface area (Å²) in [5, 5.41) is 6.11. The fourth-order valence-electron chi connectivity index (χ4n) is 1.68. The van der Waals surface area contributed by atoms with Gasteiger partial charge in [-0.05, 0) is 25.1 Å². The molecule has 0 aromatic heterocycles. The second-order valence-electron chi connectivity index (χ2n) is 4.19. The van der Waals surface area contributed by atoms with Crippen LogP contribution in [0.1, 0.15) is 23.6 Å². The summed E-state index contributed by atoms with van der Waals surface area (Å²) in [4.78, 5) is 0. The van der Waals surface area contributed by atoms with E-state index in [1.807, 2.05) is 6.92 Å².